The molecule has 18 heavy (non-hydrogen) atoms. The van der Waals surface area contributed by atoms with Crippen molar-refractivity contribution in [1.82, 2.24) is 10.6 Å². The van der Waals surface area contributed by atoms with Gasteiger partial charge in [-0.1, -0.05) is 0 Å². The average Bonchev–Trinajstić information content (AvgIpc) is 2.67. The second-order valence-corrected chi connectivity index (χ2v) is 8.21. The van der Waals surface area contributed by atoms with E-state index in [2.05, 4.69) is 10.6 Å². The van der Waals surface area contributed by atoms with Gasteiger partial charge in [0.25, 0.3) is 0 Å². The number of alkyl carbamates (subject to hydrolysis) is 1. The molecule has 2 rings (SSSR count). The smallest absolute Gasteiger partial charge is 0.407 e. The van der Waals surface area contributed by atoms with Gasteiger partial charge in [-0.3, -0.25) is 0 Å². The Bertz CT molecular complexity index is 440. The molecule has 0 spiro atoms. The second-order valence-electron chi connectivity index (χ2n) is 5.94. The van der Waals surface area contributed by atoms with Gasteiger partial charge in [0.05, 0.1) is 17.0 Å². The average molecular weight is 276 g/mol. The first-order chi connectivity index (χ1) is 8.19. The lowest BCUT2D eigenvalue weighted by atomic mass is 10.0. The first-order valence-corrected chi connectivity index (χ1v) is 7.82. The summed E-state index contributed by atoms with van der Waals surface area (Å²) in [5, 5.41) is 5.38. The van der Waals surface area contributed by atoms with Gasteiger partial charge in [0.15, 0.2) is 9.84 Å². The third-order valence-corrected chi connectivity index (χ3v) is 5.56. The Kier molecular flexibility index (Phi) is 3.31. The fourth-order valence-corrected chi connectivity index (χ4v) is 4.84. The second kappa shape index (κ2) is 4.38. The lowest BCUT2D eigenvalue weighted by molar-refractivity contribution is 0.0499. The van der Waals surface area contributed by atoms with Gasteiger partial charge in [0.1, 0.15) is 5.60 Å². The van der Waals surface area contributed by atoms with Crippen molar-refractivity contribution in [3.05, 3.63) is 0 Å². The van der Waals surface area contributed by atoms with E-state index in [0.29, 0.717) is 13.1 Å². The normalized spacial score (nSPS) is 34.1. The van der Waals surface area contributed by atoms with Crippen molar-refractivity contribution in [1.29, 1.82) is 0 Å². The molecule has 0 bridgehead atoms. The highest BCUT2D eigenvalue weighted by molar-refractivity contribution is 7.92. The van der Waals surface area contributed by atoms with Crippen LogP contribution in [0.25, 0.3) is 0 Å². The van der Waals surface area contributed by atoms with Crippen LogP contribution in [0.15, 0.2) is 0 Å². The molecule has 1 amide bonds. The number of sulfone groups is 1. The molecule has 2 fully saturated rings. The Morgan fingerprint density at radius 3 is 2.61 bits per heavy atom. The van der Waals surface area contributed by atoms with Gasteiger partial charge in [0.2, 0.25) is 0 Å². The minimum Gasteiger partial charge on any atom is -0.444 e. The maximum Gasteiger partial charge on any atom is 0.407 e. The summed E-state index contributed by atoms with van der Waals surface area (Å²) in [5.74, 6) is -0.0222. The minimum absolute atomic E-state index is 0.0171. The highest BCUT2D eigenvalue weighted by atomic mass is 32.2. The lowest BCUT2D eigenvalue weighted by Gasteiger charge is -2.23. The topological polar surface area (TPSA) is 84.5 Å². The number of ether oxygens (including phenoxy) is 1. The number of hydrogen-bond acceptors (Lipinski definition) is 5. The predicted molar refractivity (Wildman–Crippen MR) is 67.1 cm³/mol. The fraction of sp³-hybridized carbons (Fsp3) is 0.909. The number of rotatable bonds is 1. The summed E-state index contributed by atoms with van der Waals surface area (Å²) in [7, 11) is -3.10. The standard InChI is InChI=1S/C11H20N2O4S/c1-11(2,3)17-10(14)13-8-6-18(15,16)9-5-12-4-7(8)9/h7-9,12H,4-6H2,1-3H3,(H,13,14)/t7?,8-,9+/m0/s1. The summed E-state index contributed by atoms with van der Waals surface area (Å²) in [6, 6.07) is -0.343. The molecule has 2 aliphatic rings. The third kappa shape index (κ3) is 2.77. The van der Waals surface area contributed by atoms with Crippen molar-refractivity contribution in [3.63, 3.8) is 0 Å². The number of carbonyl (C=O) groups excluding carboxylic acids is 1. The highest BCUT2D eigenvalue weighted by Gasteiger charge is 2.50. The van der Waals surface area contributed by atoms with Crippen molar-refractivity contribution < 1.29 is 17.9 Å². The van der Waals surface area contributed by atoms with Gasteiger partial charge in [-0.05, 0) is 20.8 Å². The van der Waals surface area contributed by atoms with Crippen LogP contribution in [0.3, 0.4) is 0 Å². The van der Waals surface area contributed by atoms with Crippen molar-refractivity contribution >= 4 is 15.9 Å². The van der Waals surface area contributed by atoms with E-state index >= 15 is 0 Å². The molecule has 0 aromatic heterocycles. The summed E-state index contributed by atoms with van der Waals surface area (Å²) in [6.45, 7) is 6.44. The quantitative estimate of drug-likeness (QED) is 0.698. The summed E-state index contributed by atoms with van der Waals surface area (Å²) in [4.78, 5) is 11.7. The molecular formula is C11H20N2O4S. The third-order valence-electron chi connectivity index (χ3n) is 3.30. The van der Waals surface area contributed by atoms with E-state index < -0.39 is 21.5 Å². The van der Waals surface area contributed by atoms with Crippen LogP contribution in [0.1, 0.15) is 20.8 Å². The molecular weight excluding hydrogens is 256 g/mol. The fourth-order valence-electron chi connectivity index (χ4n) is 2.57. The first-order valence-electron chi connectivity index (χ1n) is 6.11. The van der Waals surface area contributed by atoms with E-state index in [1.807, 2.05) is 0 Å². The molecule has 0 saturated carbocycles. The van der Waals surface area contributed by atoms with Gasteiger partial charge in [-0.25, -0.2) is 13.2 Å². The van der Waals surface area contributed by atoms with Crippen molar-refractivity contribution in [3.8, 4) is 0 Å². The van der Waals surface area contributed by atoms with Gasteiger partial charge < -0.3 is 15.4 Å². The Labute approximate surface area is 107 Å². The molecule has 2 aliphatic heterocycles. The number of amides is 1. The predicted octanol–water partition coefficient (Wildman–Crippen LogP) is -0.104. The van der Waals surface area contributed by atoms with Crippen LogP contribution < -0.4 is 10.6 Å². The van der Waals surface area contributed by atoms with Gasteiger partial charge in [-0.2, -0.15) is 0 Å². The molecule has 104 valence electrons. The van der Waals surface area contributed by atoms with E-state index in [1.165, 1.54) is 0 Å². The minimum atomic E-state index is -3.10. The Balaban J connectivity index is 2.01. The van der Waals surface area contributed by atoms with Crippen LogP contribution in [-0.2, 0) is 14.6 Å². The van der Waals surface area contributed by atoms with Crippen LogP contribution in [0.5, 0.6) is 0 Å². The Hall–Kier alpha value is -0.820. The molecule has 2 saturated heterocycles. The van der Waals surface area contributed by atoms with Gasteiger partial charge >= 0.3 is 6.09 Å². The summed E-state index contributed by atoms with van der Waals surface area (Å²) in [6.07, 6.45) is -0.546. The van der Waals surface area contributed by atoms with Crippen LogP contribution in [0, 0.1) is 5.92 Å². The largest absolute Gasteiger partial charge is 0.444 e. The summed E-state index contributed by atoms with van der Waals surface area (Å²) < 4.78 is 28.9. The van der Waals surface area contributed by atoms with E-state index in [-0.39, 0.29) is 23.0 Å². The van der Waals surface area contributed by atoms with Gasteiger partial charge in [-0.15, -0.1) is 0 Å². The zero-order chi connectivity index (χ0) is 13.6. The van der Waals surface area contributed by atoms with E-state index in [1.54, 1.807) is 20.8 Å². The Morgan fingerprint density at radius 2 is 2.00 bits per heavy atom. The summed E-state index contributed by atoms with van der Waals surface area (Å²) in [5.41, 5.74) is -0.575. The molecule has 6 nitrogen and oxygen atoms in total. The maximum absolute atomic E-state index is 11.9. The number of nitrogens with one attached hydrogen (secondary N) is 2. The zero-order valence-corrected chi connectivity index (χ0v) is 11.7. The zero-order valence-electron chi connectivity index (χ0n) is 10.9. The SMILES string of the molecule is CC(C)(C)OC(=O)N[C@H]1CS(=O)(=O)[C@@H]2CNCC12. The van der Waals surface area contributed by atoms with E-state index in [0.717, 1.165) is 0 Å². The van der Waals surface area contributed by atoms with E-state index in [4.69, 9.17) is 4.74 Å². The monoisotopic (exact) mass is 276 g/mol. The molecule has 3 atom stereocenters. The van der Waals surface area contributed by atoms with Crippen molar-refractivity contribution in [2.45, 2.75) is 37.7 Å². The molecule has 0 aromatic carbocycles. The molecule has 0 aromatic rings. The van der Waals surface area contributed by atoms with Crippen LogP contribution >= 0.6 is 0 Å². The van der Waals surface area contributed by atoms with E-state index in [9.17, 15) is 13.2 Å². The van der Waals surface area contributed by atoms with Crippen molar-refractivity contribution in [2.75, 3.05) is 18.8 Å². The maximum atomic E-state index is 11.9. The molecule has 1 unspecified atom stereocenters. The highest BCUT2D eigenvalue weighted by Crippen LogP contribution is 2.30. The van der Waals surface area contributed by atoms with Gasteiger partial charge in [0, 0.05) is 19.0 Å². The molecule has 0 radical (unpaired) electrons. The van der Waals surface area contributed by atoms with Crippen molar-refractivity contribution in [2.24, 2.45) is 5.92 Å². The molecule has 0 aliphatic carbocycles. The first kappa shape index (κ1) is 13.6. The number of carbonyl (C=O) groups is 1. The van der Waals surface area contributed by atoms with Crippen LogP contribution in [0.2, 0.25) is 0 Å². The summed E-state index contributed by atoms with van der Waals surface area (Å²) >= 11 is 0. The van der Waals surface area contributed by atoms with Crippen LogP contribution in [0.4, 0.5) is 4.79 Å². The molecule has 2 N–H and O–H groups in total. The van der Waals surface area contributed by atoms with Crippen LogP contribution in [-0.4, -0.2) is 50.2 Å². The number of fused-ring (bicyclic) bond motifs is 1. The number of hydrogen-bond donors (Lipinski definition) is 2. The molecule has 7 heteroatoms. The Morgan fingerprint density at radius 1 is 1.33 bits per heavy atom. The molecule has 2 heterocycles. The lowest BCUT2D eigenvalue weighted by Crippen LogP contribution is -2.44.